The lowest BCUT2D eigenvalue weighted by molar-refractivity contribution is 0.111. The maximum absolute atomic E-state index is 12.2. The molecule has 0 amide bonds. The Morgan fingerprint density at radius 3 is 2.81 bits per heavy atom. The summed E-state index contributed by atoms with van der Waals surface area (Å²) in [6, 6.07) is 5.11. The number of fused-ring (bicyclic) bond motifs is 1. The van der Waals surface area contributed by atoms with E-state index < -0.39 is 11.2 Å². The summed E-state index contributed by atoms with van der Waals surface area (Å²) in [5.41, 5.74) is 0.102. The second-order valence-corrected chi connectivity index (χ2v) is 7.03. The molecule has 27 heavy (non-hydrogen) atoms. The minimum Gasteiger partial charge on any atom is -0.485 e. The molecule has 0 saturated heterocycles. The quantitative estimate of drug-likeness (QED) is 0.575. The van der Waals surface area contributed by atoms with Crippen molar-refractivity contribution < 1.29 is 9.53 Å². The molecule has 142 valence electrons. The second-order valence-electron chi connectivity index (χ2n) is 6.11. The first-order chi connectivity index (χ1) is 13.0. The SMILES string of the molecule is CCCCn1c(=O)[nH]c(=O)c2c1nc(COc1ccc(Br)cc1C=O)n2C. The molecule has 9 heteroatoms. The highest BCUT2D eigenvalue weighted by Crippen LogP contribution is 2.23. The molecule has 3 rings (SSSR count). The molecule has 0 aliphatic carbocycles. The van der Waals surface area contributed by atoms with Gasteiger partial charge in [-0.25, -0.2) is 9.78 Å². The molecule has 0 aliphatic heterocycles. The third kappa shape index (κ3) is 3.73. The number of unbranched alkanes of at least 4 members (excludes halogenated alkanes) is 1. The molecular formula is C18H19BrN4O4. The lowest BCUT2D eigenvalue weighted by Crippen LogP contribution is -2.31. The molecule has 0 radical (unpaired) electrons. The Bertz CT molecular complexity index is 1110. The number of nitrogens with zero attached hydrogens (tertiary/aromatic N) is 3. The smallest absolute Gasteiger partial charge is 0.330 e. The van der Waals surface area contributed by atoms with Crippen molar-refractivity contribution in [1.29, 1.82) is 0 Å². The monoisotopic (exact) mass is 434 g/mol. The van der Waals surface area contributed by atoms with Gasteiger partial charge in [0.2, 0.25) is 0 Å². The minimum atomic E-state index is -0.485. The summed E-state index contributed by atoms with van der Waals surface area (Å²) in [4.78, 5) is 42.4. The van der Waals surface area contributed by atoms with E-state index in [0.29, 0.717) is 41.1 Å². The largest absolute Gasteiger partial charge is 0.485 e. The van der Waals surface area contributed by atoms with E-state index in [4.69, 9.17) is 4.74 Å². The minimum absolute atomic E-state index is 0.0507. The van der Waals surface area contributed by atoms with Gasteiger partial charge in [-0.1, -0.05) is 29.3 Å². The van der Waals surface area contributed by atoms with Crippen molar-refractivity contribution in [2.24, 2.45) is 7.05 Å². The van der Waals surface area contributed by atoms with Crippen LogP contribution in [0.2, 0.25) is 0 Å². The van der Waals surface area contributed by atoms with Gasteiger partial charge in [-0.05, 0) is 24.6 Å². The standard InChI is InChI=1S/C18H19BrN4O4/c1-3-4-7-23-16-15(17(25)21-18(23)26)22(2)14(20-16)10-27-13-6-5-12(19)8-11(13)9-24/h5-6,8-9H,3-4,7,10H2,1-2H3,(H,21,25,26). The molecule has 1 N–H and O–H groups in total. The lowest BCUT2D eigenvalue weighted by Gasteiger charge is -2.08. The predicted octanol–water partition coefficient (Wildman–Crippen LogP) is 2.38. The first-order valence-electron chi connectivity index (χ1n) is 8.52. The van der Waals surface area contributed by atoms with Crippen molar-refractivity contribution in [3.8, 4) is 5.75 Å². The third-order valence-corrected chi connectivity index (χ3v) is 4.79. The van der Waals surface area contributed by atoms with Crippen molar-refractivity contribution >= 4 is 33.4 Å². The van der Waals surface area contributed by atoms with Crippen LogP contribution in [0.3, 0.4) is 0 Å². The number of hydrogen-bond acceptors (Lipinski definition) is 5. The van der Waals surface area contributed by atoms with Crippen LogP contribution in [0.15, 0.2) is 32.3 Å². The number of benzene rings is 1. The van der Waals surface area contributed by atoms with E-state index in [0.717, 1.165) is 17.3 Å². The molecule has 0 bridgehead atoms. The predicted molar refractivity (Wildman–Crippen MR) is 104 cm³/mol. The summed E-state index contributed by atoms with van der Waals surface area (Å²) in [6.45, 7) is 2.55. The Labute approximate surface area is 162 Å². The summed E-state index contributed by atoms with van der Waals surface area (Å²) >= 11 is 3.31. The lowest BCUT2D eigenvalue weighted by atomic mass is 10.2. The summed E-state index contributed by atoms with van der Waals surface area (Å²) in [6.07, 6.45) is 2.42. The number of carbonyl (C=O) groups is 1. The van der Waals surface area contributed by atoms with Gasteiger partial charge in [0, 0.05) is 18.1 Å². The maximum Gasteiger partial charge on any atom is 0.330 e. The highest BCUT2D eigenvalue weighted by Gasteiger charge is 2.17. The highest BCUT2D eigenvalue weighted by atomic mass is 79.9. The van der Waals surface area contributed by atoms with Gasteiger partial charge in [0.15, 0.2) is 17.5 Å². The molecule has 0 saturated carbocycles. The van der Waals surface area contributed by atoms with E-state index in [1.807, 2.05) is 6.92 Å². The van der Waals surface area contributed by atoms with Gasteiger partial charge in [0.05, 0.1) is 5.56 Å². The van der Waals surface area contributed by atoms with Crippen LogP contribution in [-0.4, -0.2) is 25.4 Å². The number of aryl methyl sites for hydroxylation is 2. The molecule has 0 spiro atoms. The number of nitrogens with one attached hydrogen (secondary N) is 1. The second kappa shape index (κ2) is 7.91. The van der Waals surface area contributed by atoms with E-state index in [9.17, 15) is 14.4 Å². The number of H-pyrrole nitrogens is 1. The molecule has 0 unspecified atom stereocenters. The van der Waals surface area contributed by atoms with Gasteiger partial charge < -0.3 is 9.30 Å². The van der Waals surface area contributed by atoms with Crippen LogP contribution >= 0.6 is 15.9 Å². The van der Waals surface area contributed by atoms with Gasteiger partial charge in [-0.15, -0.1) is 0 Å². The highest BCUT2D eigenvalue weighted by molar-refractivity contribution is 9.10. The van der Waals surface area contributed by atoms with E-state index in [1.54, 1.807) is 29.8 Å². The number of aromatic amines is 1. The van der Waals surface area contributed by atoms with Gasteiger partial charge in [0.25, 0.3) is 5.56 Å². The van der Waals surface area contributed by atoms with Crippen LogP contribution in [0.5, 0.6) is 5.75 Å². The molecule has 2 aromatic heterocycles. The molecule has 0 atom stereocenters. The summed E-state index contributed by atoms with van der Waals surface area (Å²) in [7, 11) is 1.69. The zero-order valence-electron chi connectivity index (χ0n) is 15.0. The molecule has 1 aromatic carbocycles. The number of aldehydes is 1. The molecule has 8 nitrogen and oxygen atoms in total. The van der Waals surface area contributed by atoms with Crippen LogP contribution in [-0.2, 0) is 20.2 Å². The summed E-state index contributed by atoms with van der Waals surface area (Å²) < 4.78 is 9.58. The van der Waals surface area contributed by atoms with Crippen LogP contribution < -0.4 is 16.0 Å². The van der Waals surface area contributed by atoms with E-state index in [2.05, 4.69) is 25.9 Å². The van der Waals surface area contributed by atoms with Crippen LogP contribution in [0.1, 0.15) is 35.9 Å². The zero-order valence-corrected chi connectivity index (χ0v) is 16.6. The van der Waals surface area contributed by atoms with Crippen LogP contribution in [0.25, 0.3) is 11.2 Å². The number of ether oxygens (including phenoxy) is 1. The average molecular weight is 435 g/mol. The van der Waals surface area contributed by atoms with Gasteiger partial charge in [0.1, 0.15) is 18.2 Å². The van der Waals surface area contributed by atoms with E-state index in [-0.39, 0.29) is 6.61 Å². The first kappa shape index (κ1) is 19.1. The molecule has 0 aliphatic rings. The van der Waals surface area contributed by atoms with Crippen molar-refractivity contribution in [3.05, 3.63) is 54.9 Å². The van der Waals surface area contributed by atoms with Crippen LogP contribution in [0, 0.1) is 0 Å². The molecular weight excluding hydrogens is 416 g/mol. The number of carbonyl (C=O) groups excluding carboxylic acids is 1. The van der Waals surface area contributed by atoms with E-state index >= 15 is 0 Å². The Kier molecular flexibility index (Phi) is 5.59. The van der Waals surface area contributed by atoms with Gasteiger partial charge >= 0.3 is 5.69 Å². The van der Waals surface area contributed by atoms with Crippen molar-refractivity contribution in [2.75, 3.05) is 0 Å². The molecule has 3 aromatic rings. The summed E-state index contributed by atoms with van der Waals surface area (Å²) in [5, 5.41) is 0. The van der Waals surface area contributed by atoms with Gasteiger partial charge in [-0.2, -0.15) is 0 Å². The molecule has 0 fully saturated rings. The van der Waals surface area contributed by atoms with Gasteiger partial charge in [-0.3, -0.25) is 19.1 Å². The topological polar surface area (TPSA) is 99.0 Å². The Hall–Kier alpha value is -2.68. The van der Waals surface area contributed by atoms with Crippen molar-refractivity contribution in [2.45, 2.75) is 32.9 Å². The fraction of sp³-hybridized carbons (Fsp3) is 0.333. The number of hydrogen-bond donors (Lipinski definition) is 1. The zero-order chi connectivity index (χ0) is 19.6. The third-order valence-electron chi connectivity index (χ3n) is 4.30. The summed E-state index contributed by atoms with van der Waals surface area (Å²) in [5.74, 6) is 0.892. The normalized spacial score (nSPS) is 11.1. The fourth-order valence-corrected chi connectivity index (χ4v) is 3.21. The average Bonchev–Trinajstić information content (AvgIpc) is 2.97. The van der Waals surface area contributed by atoms with Crippen molar-refractivity contribution in [3.63, 3.8) is 0 Å². The Morgan fingerprint density at radius 1 is 1.33 bits per heavy atom. The van der Waals surface area contributed by atoms with Crippen LogP contribution in [0.4, 0.5) is 0 Å². The first-order valence-corrected chi connectivity index (χ1v) is 9.31. The van der Waals surface area contributed by atoms with E-state index in [1.165, 1.54) is 4.57 Å². The maximum atomic E-state index is 12.2. The molecule has 2 heterocycles. The number of halogens is 1. The van der Waals surface area contributed by atoms with Crippen molar-refractivity contribution in [1.82, 2.24) is 19.1 Å². The fourth-order valence-electron chi connectivity index (χ4n) is 2.83. The number of aromatic nitrogens is 4. The Balaban J connectivity index is 2.00. The number of rotatable bonds is 7. The Morgan fingerprint density at radius 2 is 2.11 bits per heavy atom. The number of imidazole rings is 1.